The molecule has 0 saturated carbocycles. The summed E-state index contributed by atoms with van der Waals surface area (Å²) in [5.74, 6) is 4.96. The fourth-order valence-corrected chi connectivity index (χ4v) is 1.94. The van der Waals surface area contributed by atoms with Crippen molar-refractivity contribution >= 4 is 11.8 Å². The molecule has 2 fully saturated rings. The highest BCUT2D eigenvalue weighted by molar-refractivity contribution is 6.05. The average molecular weight is 169 g/mol. The highest BCUT2D eigenvalue weighted by atomic mass is 16.2. The van der Waals surface area contributed by atoms with Crippen LogP contribution in [0.4, 0.5) is 0 Å². The van der Waals surface area contributed by atoms with Crippen LogP contribution >= 0.6 is 0 Å². The van der Waals surface area contributed by atoms with Gasteiger partial charge in [-0.15, -0.1) is 0 Å². The lowest BCUT2D eigenvalue weighted by atomic mass is 10.00. The van der Waals surface area contributed by atoms with Gasteiger partial charge in [-0.1, -0.05) is 0 Å². The highest BCUT2D eigenvalue weighted by Gasteiger charge is 2.50. The molecule has 66 valence electrons. The van der Waals surface area contributed by atoms with Crippen molar-refractivity contribution in [1.29, 1.82) is 0 Å². The number of imide groups is 1. The number of likely N-dealkylation sites (tertiary alicyclic amines) is 1. The standard InChI is InChI=1S/C7H11N3O2/c1-9-6(11)4-2-10(8)3-5(4)7(9)12/h4-5H,2-3,8H2,1H3/t4-,5+. The molecule has 2 aliphatic heterocycles. The number of hydrazine groups is 1. The average Bonchev–Trinajstić information content (AvgIpc) is 2.49. The Morgan fingerprint density at radius 2 is 1.67 bits per heavy atom. The van der Waals surface area contributed by atoms with Crippen LogP contribution in [-0.2, 0) is 9.59 Å². The van der Waals surface area contributed by atoms with Gasteiger partial charge in [-0.2, -0.15) is 0 Å². The molecule has 2 rings (SSSR count). The lowest BCUT2D eigenvalue weighted by Crippen LogP contribution is -2.36. The third-order valence-corrected chi connectivity index (χ3v) is 2.64. The minimum absolute atomic E-state index is 0.0852. The van der Waals surface area contributed by atoms with E-state index in [0.29, 0.717) is 13.1 Å². The lowest BCUT2D eigenvalue weighted by molar-refractivity contribution is -0.138. The monoisotopic (exact) mass is 169 g/mol. The maximum atomic E-state index is 11.4. The Balaban J connectivity index is 2.27. The predicted molar refractivity (Wildman–Crippen MR) is 40.5 cm³/mol. The molecule has 5 heteroatoms. The summed E-state index contributed by atoms with van der Waals surface area (Å²) in [5, 5.41) is 1.54. The number of fused-ring (bicyclic) bond motifs is 1. The molecular formula is C7H11N3O2. The first-order chi connectivity index (χ1) is 5.61. The third kappa shape index (κ3) is 0.804. The number of nitrogens with two attached hydrogens (primary N) is 1. The van der Waals surface area contributed by atoms with E-state index in [-0.39, 0.29) is 23.7 Å². The van der Waals surface area contributed by atoms with Crippen molar-refractivity contribution in [3.05, 3.63) is 0 Å². The van der Waals surface area contributed by atoms with Gasteiger partial charge in [0.2, 0.25) is 11.8 Å². The van der Waals surface area contributed by atoms with Gasteiger partial charge >= 0.3 is 0 Å². The minimum Gasteiger partial charge on any atom is -0.285 e. The smallest absolute Gasteiger partial charge is 0.234 e. The number of hydrogen-bond acceptors (Lipinski definition) is 4. The number of rotatable bonds is 0. The number of carbonyl (C=O) groups excluding carboxylic acids is 2. The van der Waals surface area contributed by atoms with Gasteiger partial charge in [0.25, 0.3) is 0 Å². The number of amides is 2. The molecule has 2 atom stereocenters. The quantitative estimate of drug-likeness (QED) is 0.350. The summed E-state index contributed by atoms with van der Waals surface area (Å²) in [6, 6.07) is 0. The first-order valence-electron chi connectivity index (χ1n) is 3.92. The van der Waals surface area contributed by atoms with Crippen molar-refractivity contribution in [3.63, 3.8) is 0 Å². The van der Waals surface area contributed by atoms with Gasteiger partial charge in [-0.25, -0.2) is 5.01 Å². The largest absolute Gasteiger partial charge is 0.285 e. The Morgan fingerprint density at radius 1 is 1.25 bits per heavy atom. The van der Waals surface area contributed by atoms with E-state index in [4.69, 9.17) is 5.84 Å². The second-order valence-electron chi connectivity index (χ2n) is 3.40. The zero-order chi connectivity index (χ0) is 8.88. The van der Waals surface area contributed by atoms with Crippen molar-refractivity contribution in [3.8, 4) is 0 Å². The van der Waals surface area contributed by atoms with Crippen LogP contribution in [0.15, 0.2) is 0 Å². The summed E-state index contributed by atoms with van der Waals surface area (Å²) < 4.78 is 0. The SMILES string of the molecule is CN1C(=O)[C@H]2CN(N)C[C@H]2C1=O. The van der Waals surface area contributed by atoms with Gasteiger partial charge in [0.05, 0.1) is 11.8 Å². The number of carbonyl (C=O) groups is 2. The van der Waals surface area contributed by atoms with Gasteiger partial charge in [0.1, 0.15) is 0 Å². The van der Waals surface area contributed by atoms with Crippen molar-refractivity contribution < 1.29 is 9.59 Å². The normalized spacial score (nSPS) is 36.3. The summed E-state index contributed by atoms with van der Waals surface area (Å²) in [6.07, 6.45) is 0. The molecule has 12 heavy (non-hydrogen) atoms. The van der Waals surface area contributed by atoms with E-state index in [1.54, 1.807) is 0 Å². The van der Waals surface area contributed by atoms with E-state index in [0.717, 1.165) is 0 Å². The van der Waals surface area contributed by atoms with E-state index in [2.05, 4.69) is 0 Å². The molecule has 0 spiro atoms. The minimum atomic E-state index is -0.188. The van der Waals surface area contributed by atoms with E-state index in [1.165, 1.54) is 17.0 Å². The van der Waals surface area contributed by atoms with Crippen LogP contribution in [0.25, 0.3) is 0 Å². The zero-order valence-electron chi connectivity index (χ0n) is 6.86. The van der Waals surface area contributed by atoms with Gasteiger partial charge in [0.15, 0.2) is 0 Å². The van der Waals surface area contributed by atoms with E-state index >= 15 is 0 Å². The Kier molecular flexibility index (Phi) is 1.46. The molecule has 2 N–H and O–H groups in total. The Bertz CT molecular complexity index is 229. The molecule has 2 saturated heterocycles. The molecular weight excluding hydrogens is 158 g/mol. The maximum absolute atomic E-state index is 11.4. The van der Waals surface area contributed by atoms with Crippen LogP contribution in [0.3, 0.4) is 0 Å². The highest BCUT2D eigenvalue weighted by Crippen LogP contribution is 2.30. The fraction of sp³-hybridized carbons (Fsp3) is 0.714. The Labute approximate surface area is 70.1 Å². The Morgan fingerprint density at radius 3 is 2.08 bits per heavy atom. The number of nitrogens with zero attached hydrogens (tertiary/aromatic N) is 2. The first-order valence-corrected chi connectivity index (χ1v) is 3.92. The van der Waals surface area contributed by atoms with Crippen LogP contribution < -0.4 is 5.84 Å². The van der Waals surface area contributed by atoms with Gasteiger partial charge < -0.3 is 0 Å². The molecule has 0 aromatic carbocycles. The number of hydrogen-bond donors (Lipinski definition) is 1. The topological polar surface area (TPSA) is 66.6 Å². The van der Waals surface area contributed by atoms with E-state index in [1.807, 2.05) is 0 Å². The predicted octanol–water partition coefficient (Wildman–Crippen LogP) is -1.59. The first kappa shape index (κ1) is 7.70. The van der Waals surface area contributed by atoms with Gasteiger partial charge in [-0.3, -0.25) is 20.3 Å². The molecule has 2 amide bonds. The van der Waals surface area contributed by atoms with E-state index in [9.17, 15) is 9.59 Å². The lowest BCUT2D eigenvalue weighted by Gasteiger charge is -2.12. The molecule has 2 heterocycles. The van der Waals surface area contributed by atoms with Gasteiger partial charge in [0, 0.05) is 20.1 Å². The molecule has 0 aromatic heterocycles. The second-order valence-corrected chi connectivity index (χ2v) is 3.40. The molecule has 0 bridgehead atoms. The summed E-state index contributed by atoms with van der Waals surface area (Å²) >= 11 is 0. The fourth-order valence-electron chi connectivity index (χ4n) is 1.94. The molecule has 5 nitrogen and oxygen atoms in total. The summed E-state index contributed by atoms with van der Waals surface area (Å²) in [4.78, 5) is 23.9. The van der Waals surface area contributed by atoms with Crippen LogP contribution in [0.2, 0.25) is 0 Å². The molecule has 2 aliphatic rings. The Hall–Kier alpha value is -0.940. The van der Waals surface area contributed by atoms with Gasteiger partial charge in [-0.05, 0) is 0 Å². The maximum Gasteiger partial charge on any atom is 0.234 e. The van der Waals surface area contributed by atoms with Crippen molar-refractivity contribution in [2.24, 2.45) is 17.7 Å². The van der Waals surface area contributed by atoms with Crippen molar-refractivity contribution in [2.75, 3.05) is 20.1 Å². The van der Waals surface area contributed by atoms with Crippen LogP contribution in [0, 0.1) is 11.8 Å². The van der Waals surface area contributed by atoms with Crippen molar-refractivity contribution in [2.45, 2.75) is 0 Å². The van der Waals surface area contributed by atoms with Crippen LogP contribution in [0.1, 0.15) is 0 Å². The van der Waals surface area contributed by atoms with Crippen LogP contribution in [-0.4, -0.2) is 41.9 Å². The summed E-state index contributed by atoms with van der Waals surface area (Å²) in [5.41, 5.74) is 0. The zero-order valence-corrected chi connectivity index (χ0v) is 6.86. The van der Waals surface area contributed by atoms with Crippen molar-refractivity contribution in [1.82, 2.24) is 9.91 Å². The molecule has 0 aliphatic carbocycles. The van der Waals surface area contributed by atoms with Crippen LogP contribution in [0.5, 0.6) is 0 Å². The molecule has 0 aromatic rings. The molecule has 0 unspecified atom stereocenters. The third-order valence-electron chi connectivity index (χ3n) is 2.64. The van der Waals surface area contributed by atoms with E-state index < -0.39 is 0 Å². The second kappa shape index (κ2) is 2.27. The summed E-state index contributed by atoms with van der Waals surface area (Å²) in [7, 11) is 1.53. The summed E-state index contributed by atoms with van der Waals surface area (Å²) in [6.45, 7) is 1.03. The molecule has 0 radical (unpaired) electrons.